The van der Waals surface area contributed by atoms with Gasteiger partial charge in [-0.2, -0.15) is 4.39 Å². The summed E-state index contributed by atoms with van der Waals surface area (Å²) in [7, 11) is 0. The highest BCUT2D eigenvalue weighted by atomic mass is 32.1. The Balaban J connectivity index is 1.76. The number of carbonyl (C=O) groups is 2. The average Bonchev–Trinajstić information content (AvgIpc) is 3.09. The summed E-state index contributed by atoms with van der Waals surface area (Å²) in [5.41, 5.74) is 5.91. The van der Waals surface area contributed by atoms with Gasteiger partial charge in [-0.15, -0.1) is 0 Å². The molecule has 5 N–H and O–H groups in total. The van der Waals surface area contributed by atoms with Crippen LogP contribution in [0.25, 0.3) is 0 Å². The van der Waals surface area contributed by atoms with E-state index in [2.05, 4.69) is 20.6 Å². The predicted octanol–water partition coefficient (Wildman–Crippen LogP) is 2.14. The zero-order valence-corrected chi connectivity index (χ0v) is 15.7. The Bertz CT molecular complexity index is 1030. The molecule has 29 heavy (non-hydrogen) atoms. The Kier molecular flexibility index (Phi) is 6.32. The summed E-state index contributed by atoms with van der Waals surface area (Å²) in [4.78, 5) is 31.7. The van der Waals surface area contributed by atoms with Crippen molar-refractivity contribution in [1.29, 1.82) is 0 Å². The number of rotatable bonds is 8. The lowest BCUT2D eigenvalue weighted by Crippen LogP contribution is -2.17. The number of nitrogens with one attached hydrogen (secondary N) is 2. The van der Waals surface area contributed by atoms with Gasteiger partial charge in [-0.1, -0.05) is 11.3 Å². The van der Waals surface area contributed by atoms with E-state index in [-0.39, 0.29) is 29.0 Å². The lowest BCUT2D eigenvalue weighted by Gasteiger charge is -2.06. The monoisotopic (exact) mass is 417 g/mol. The van der Waals surface area contributed by atoms with Crippen LogP contribution in [0.5, 0.6) is 5.75 Å². The van der Waals surface area contributed by atoms with Gasteiger partial charge in [0.1, 0.15) is 17.4 Å². The quantitative estimate of drug-likeness (QED) is 0.412. The number of anilines is 3. The summed E-state index contributed by atoms with van der Waals surface area (Å²) in [6, 6.07) is 8.91. The number of thiazole rings is 1. The van der Waals surface area contributed by atoms with Crippen LogP contribution in [0.4, 0.5) is 20.2 Å². The second kappa shape index (κ2) is 9.08. The van der Waals surface area contributed by atoms with E-state index in [1.807, 2.05) is 0 Å². The second-order valence-electron chi connectivity index (χ2n) is 5.60. The van der Waals surface area contributed by atoms with E-state index in [9.17, 15) is 14.0 Å². The standard InChI is InChI=1S/C18H16FN5O4S/c19-13-9-11(5-6-21-13)22-18-23-14(15(20)26)17(29-18)24-16(27)10-1-3-12(4-2-10)28-8-7-25/h1-6,9,25H,7-8H2,(H2,20,26)(H,24,27)(H,21,22,23). The fraction of sp³-hybridized carbons (Fsp3) is 0.111. The van der Waals surface area contributed by atoms with E-state index in [4.69, 9.17) is 15.6 Å². The maximum atomic E-state index is 13.2. The first kappa shape index (κ1) is 20.2. The van der Waals surface area contributed by atoms with Crippen molar-refractivity contribution in [2.75, 3.05) is 23.8 Å². The van der Waals surface area contributed by atoms with Crippen LogP contribution >= 0.6 is 11.3 Å². The van der Waals surface area contributed by atoms with E-state index in [0.29, 0.717) is 17.0 Å². The first-order valence-electron chi connectivity index (χ1n) is 8.30. The van der Waals surface area contributed by atoms with Crippen LogP contribution in [-0.4, -0.2) is 40.1 Å². The molecule has 11 heteroatoms. The number of aliphatic hydroxyl groups is 1. The van der Waals surface area contributed by atoms with E-state index in [1.165, 1.54) is 24.4 Å². The Morgan fingerprint density at radius 3 is 2.66 bits per heavy atom. The third-order valence-electron chi connectivity index (χ3n) is 3.54. The van der Waals surface area contributed by atoms with Gasteiger partial charge in [0.15, 0.2) is 10.8 Å². The number of ether oxygens (including phenoxy) is 1. The van der Waals surface area contributed by atoms with Crippen molar-refractivity contribution >= 4 is 39.0 Å². The minimum absolute atomic E-state index is 0.119. The normalized spacial score (nSPS) is 10.4. The highest BCUT2D eigenvalue weighted by molar-refractivity contribution is 7.20. The summed E-state index contributed by atoms with van der Waals surface area (Å²) in [5.74, 6) is -1.48. The summed E-state index contributed by atoms with van der Waals surface area (Å²) in [6.07, 6.45) is 1.27. The van der Waals surface area contributed by atoms with Crippen LogP contribution < -0.4 is 21.1 Å². The van der Waals surface area contributed by atoms with Crippen molar-refractivity contribution in [3.63, 3.8) is 0 Å². The molecule has 0 bridgehead atoms. The Morgan fingerprint density at radius 2 is 2.00 bits per heavy atom. The van der Waals surface area contributed by atoms with Crippen molar-refractivity contribution in [2.45, 2.75) is 0 Å². The number of nitrogens with two attached hydrogens (primary N) is 1. The van der Waals surface area contributed by atoms with Gasteiger partial charge in [0.2, 0.25) is 5.95 Å². The van der Waals surface area contributed by atoms with Gasteiger partial charge >= 0.3 is 0 Å². The predicted molar refractivity (Wildman–Crippen MR) is 105 cm³/mol. The van der Waals surface area contributed by atoms with Gasteiger partial charge in [-0.25, -0.2) is 9.97 Å². The number of nitrogens with zero attached hydrogens (tertiary/aromatic N) is 2. The molecule has 0 saturated carbocycles. The number of benzene rings is 1. The molecule has 1 aromatic carbocycles. The summed E-state index contributed by atoms with van der Waals surface area (Å²) in [6.45, 7) is 0.0253. The minimum Gasteiger partial charge on any atom is -0.491 e. The topological polar surface area (TPSA) is 139 Å². The number of pyridine rings is 1. The molecular weight excluding hydrogens is 401 g/mol. The fourth-order valence-electron chi connectivity index (χ4n) is 2.27. The summed E-state index contributed by atoms with van der Waals surface area (Å²) >= 11 is 0.975. The van der Waals surface area contributed by atoms with Crippen LogP contribution in [0.2, 0.25) is 0 Å². The largest absolute Gasteiger partial charge is 0.491 e. The zero-order valence-electron chi connectivity index (χ0n) is 14.9. The highest BCUT2D eigenvalue weighted by Crippen LogP contribution is 2.31. The molecule has 3 rings (SSSR count). The molecule has 0 aliphatic carbocycles. The minimum atomic E-state index is -0.821. The zero-order chi connectivity index (χ0) is 20.8. The molecule has 0 radical (unpaired) electrons. The molecule has 2 amide bonds. The molecule has 0 saturated heterocycles. The molecule has 0 aliphatic heterocycles. The SMILES string of the molecule is NC(=O)c1nc(Nc2ccnc(F)c2)sc1NC(=O)c1ccc(OCCO)cc1. The van der Waals surface area contributed by atoms with Crippen LogP contribution in [0.3, 0.4) is 0 Å². The summed E-state index contributed by atoms with van der Waals surface area (Å²) < 4.78 is 18.5. The fourth-order valence-corrected chi connectivity index (χ4v) is 3.16. The molecule has 0 fully saturated rings. The Morgan fingerprint density at radius 1 is 1.24 bits per heavy atom. The van der Waals surface area contributed by atoms with Crippen LogP contribution in [-0.2, 0) is 0 Å². The third kappa shape index (κ3) is 5.24. The highest BCUT2D eigenvalue weighted by Gasteiger charge is 2.19. The molecule has 0 spiro atoms. The number of halogens is 1. The maximum absolute atomic E-state index is 13.2. The van der Waals surface area contributed by atoms with Gasteiger partial charge in [0.05, 0.1) is 6.61 Å². The summed E-state index contributed by atoms with van der Waals surface area (Å²) in [5, 5.41) is 14.6. The molecular formula is C18H16FN5O4S. The molecule has 0 aliphatic rings. The van der Waals surface area contributed by atoms with Gasteiger partial charge < -0.3 is 26.2 Å². The lowest BCUT2D eigenvalue weighted by molar-refractivity contribution is 0.0997. The molecule has 3 aromatic rings. The van der Waals surface area contributed by atoms with Gasteiger partial charge in [0.25, 0.3) is 11.8 Å². The van der Waals surface area contributed by atoms with E-state index < -0.39 is 17.8 Å². The second-order valence-corrected chi connectivity index (χ2v) is 6.60. The Hall–Kier alpha value is -3.57. The van der Waals surface area contributed by atoms with Crippen LogP contribution in [0.1, 0.15) is 20.8 Å². The van der Waals surface area contributed by atoms with Crippen molar-refractivity contribution in [3.05, 3.63) is 59.8 Å². The lowest BCUT2D eigenvalue weighted by atomic mass is 10.2. The smallest absolute Gasteiger partial charge is 0.270 e. The van der Waals surface area contributed by atoms with Crippen molar-refractivity contribution < 1.29 is 23.8 Å². The average molecular weight is 417 g/mol. The molecule has 150 valence electrons. The molecule has 2 aromatic heterocycles. The number of aliphatic hydroxyl groups excluding tert-OH is 1. The van der Waals surface area contributed by atoms with E-state index in [1.54, 1.807) is 12.1 Å². The number of aromatic nitrogens is 2. The molecule has 0 atom stereocenters. The van der Waals surface area contributed by atoms with Crippen LogP contribution in [0.15, 0.2) is 42.6 Å². The van der Waals surface area contributed by atoms with Gasteiger partial charge in [-0.3, -0.25) is 9.59 Å². The first-order chi connectivity index (χ1) is 14.0. The van der Waals surface area contributed by atoms with E-state index >= 15 is 0 Å². The van der Waals surface area contributed by atoms with Crippen LogP contribution in [0, 0.1) is 5.95 Å². The molecule has 2 heterocycles. The Labute approximate surface area is 168 Å². The van der Waals surface area contributed by atoms with Crippen molar-refractivity contribution in [3.8, 4) is 5.75 Å². The maximum Gasteiger partial charge on any atom is 0.270 e. The third-order valence-corrected chi connectivity index (χ3v) is 4.43. The number of hydrogen-bond donors (Lipinski definition) is 4. The van der Waals surface area contributed by atoms with Crippen molar-refractivity contribution in [2.24, 2.45) is 5.73 Å². The number of primary amides is 1. The number of carbonyl (C=O) groups excluding carboxylic acids is 2. The number of amides is 2. The van der Waals surface area contributed by atoms with E-state index in [0.717, 1.165) is 17.4 Å². The van der Waals surface area contributed by atoms with Gasteiger partial charge in [-0.05, 0) is 30.3 Å². The molecule has 0 unspecified atom stereocenters. The van der Waals surface area contributed by atoms with Gasteiger partial charge in [0, 0.05) is 23.5 Å². The first-order valence-corrected chi connectivity index (χ1v) is 9.12. The number of hydrogen-bond acceptors (Lipinski definition) is 8. The van der Waals surface area contributed by atoms with Crippen molar-refractivity contribution in [1.82, 2.24) is 9.97 Å². The molecule has 9 nitrogen and oxygen atoms in total.